The Bertz CT molecular complexity index is 511. The number of benzene rings is 2. The molecule has 0 heterocycles. The first-order chi connectivity index (χ1) is 8.16. The van der Waals surface area contributed by atoms with Crippen LogP contribution in [0.15, 0.2) is 46.9 Å². The van der Waals surface area contributed by atoms with Crippen molar-refractivity contribution in [3.63, 3.8) is 0 Å². The Balaban J connectivity index is 2.07. The minimum atomic E-state index is -0.843. The minimum Gasteiger partial charge on any atom is -0.379 e. The highest BCUT2D eigenvalue weighted by Crippen LogP contribution is 2.18. The van der Waals surface area contributed by atoms with Crippen molar-refractivity contribution in [3.05, 3.63) is 64.1 Å². The van der Waals surface area contributed by atoms with Crippen LogP contribution in [0.25, 0.3) is 0 Å². The molecular weight excluding hydrogens is 288 g/mol. The summed E-state index contributed by atoms with van der Waals surface area (Å²) in [6.45, 7) is 0.452. The molecule has 0 fully saturated rings. The van der Waals surface area contributed by atoms with Crippen LogP contribution in [-0.2, 0) is 6.54 Å². The first kappa shape index (κ1) is 12.0. The minimum absolute atomic E-state index is 0.174. The van der Waals surface area contributed by atoms with Crippen LogP contribution < -0.4 is 5.32 Å². The van der Waals surface area contributed by atoms with E-state index in [1.165, 1.54) is 12.1 Å². The van der Waals surface area contributed by atoms with Crippen molar-refractivity contribution in [2.24, 2.45) is 0 Å². The van der Waals surface area contributed by atoms with Crippen molar-refractivity contribution in [1.82, 2.24) is 0 Å². The first-order valence-electron chi connectivity index (χ1n) is 5.09. The summed E-state index contributed by atoms with van der Waals surface area (Å²) < 4.78 is 27.2. The van der Waals surface area contributed by atoms with E-state index in [9.17, 15) is 8.78 Å². The second kappa shape index (κ2) is 5.27. The number of halogens is 3. The van der Waals surface area contributed by atoms with E-state index in [2.05, 4.69) is 21.2 Å². The van der Waals surface area contributed by atoms with Crippen molar-refractivity contribution in [2.75, 3.05) is 5.32 Å². The SMILES string of the molecule is Fc1cccc(NCc2ccc(Br)cc2)c1F. The predicted octanol–water partition coefficient (Wildman–Crippen LogP) is 4.34. The van der Waals surface area contributed by atoms with Gasteiger partial charge in [-0.3, -0.25) is 0 Å². The molecule has 2 rings (SSSR count). The van der Waals surface area contributed by atoms with Crippen molar-refractivity contribution in [3.8, 4) is 0 Å². The summed E-state index contributed by atoms with van der Waals surface area (Å²) in [6, 6.07) is 11.7. The number of hydrogen-bond acceptors (Lipinski definition) is 1. The number of anilines is 1. The monoisotopic (exact) mass is 297 g/mol. The van der Waals surface area contributed by atoms with Gasteiger partial charge in [-0.25, -0.2) is 8.78 Å². The second-order valence-corrected chi connectivity index (χ2v) is 4.50. The summed E-state index contributed by atoms with van der Waals surface area (Å²) in [4.78, 5) is 0. The highest BCUT2D eigenvalue weighted by Gasteiger charge is 2.06. The van der Waals surface area contributed by atoms with E-state index in [0.29, 0.717) is 6.54 Å². The fourth-order valence-electron chi connectivity index (χ4n) is 1.44. The molecule has 0 aromatic heterocycles. The van der Waals surface area contributed by atoms with Gasteiger partial charge in [-0.05, 0) is 29.8 Å². The molecule has 1 nitrogen and oxygen atoms in total. The van der Waals surface area contributed by atoms with Gasteiger partial charge in [0.1, 0.15) is 0 Å². The van der Waals surface area contributed by atoms with Crippen molar-refractivity contribution >= 4 is 21.6 Å². The largest absolute Gasteiger partial charge is 0.379 e. The molecule has 0 amide bonds. The number of nitrogens with one attached hydrogen (secondary N) is 1. The van der Waals surface area contributed by atoms with Gasteiger partial charge in [0, 0.05) is 11.0 Å². The third kappa shape index (κ3) is 3.03. The first-order valence-corrected chi connectivity index (χ1v) is 5.88. The Hall–Kier alpha value is -1.42. The highest BCUT2D eigenvalue weighted by molar-refractivity contribution is 9.10. The molecule has 0 atom stereocenters. The summed E-state index contributed by atoms with van der Waals surface area (Å²) in [7, 11) is 0. The van der Waals surface area contributed by atoms with E-state index in [1.54, 1.807) is 0 Å². The Labute approximate surface area is 107 Å². The molecule has 0 unspecified atom stereocenters. The quantitative estimate of drug-likeness (QED) is 0.889. The molecule has 0 aliphatic heterocycles. The Kier molecular flexibility index (Phi) is 3.74. The molecule has 0 spiro atoms. The summed E-state index contributed by atoms with van der Waals surface area (Å²) >= 11 is 3.33. The lowest BCUT2D eigenvalue weighted by Gasteiger charge is -2.08. The second-order valence-electron chi connectivity index (χ2n) is 3.58. The van der Waals surface area contributed by atoms with Gasteiger partial charge in [0.15, 0.2) is 11.6 Å². The molecule has 17 heavy (non-hydrogen) atoms. The predicted molar refractivity (Wildman–Crippen MR) is 67.8 cm³/mol. The van der Waals surface area contributed by atoms with E-state index in [4.69, 9.17) is 0 Å². The topological polar surface area (TPSA) is 12.0 Å². The fourth-order valence-corrected chi connectivity index (χ4v) is 1.70. The maximum absolute atomic E-state index is 13.3. The standard InChI is InChI=1S/C13H10BrF2N/c14-10-6-4-9(5-7-10)8-17-12-3-1-2-11(15)13(12)16/h1-7,17H,8H2. The summed E-state index contributed by atoms with van der Waals surface area (Å²) in [6.07, 6.45) is 0. The van der Waals surface area contributed by atoms with Gasteiger partial charge in [-0.1, -0.05) is 34.1 Å². The van der Waals surface area contributed by atoms with Crippen molar-refractivity contribution in [2.45, 2.75) is 6.54 Å². The third-order valence-electron chi connectivity index (χ3n) is 2.35. The molecule has 2 aromatic carbocycles. The van der Waals surface area contributed by atoms with Crippen molar-refractivity contribution < 1.29 is 8.78 Å². The summed E-state index contributed by atoms with van der Waals surface area (Å²) in [5.41, 5.74) is 1.17. The third-order valence-corrected chi connectivity index (χ3v) is 2.88. The van der Waals surface area contributed by atoms with E-state index < -0.39 is 11.6 Å². The average Bonchev–Trinajstić information content (AvgIpc) is 2.33. The normalized spacial score (nSPS) is 10.3. The van der Waals surface area contributed by atoms with Crippen LogP contribution in [0.4, 0.5) is 14.5 Å². The van der Waals surface area contributed by atoms with Gasteiger partial charge >= 0.3 is 0 Å². The zero-order chi connectivity index (χ0) is 12.3. The maximum Gasteiger partial charge on any atom is 0.181 e. The van der Waals surface area contributed by atoms with Crippen LogP contribution in [0, 0.1) is 11.6 Å². The number of rotatable bonds is 3. The van der Waals surface area contributed by atoms with Gasteiger partial charge < -0.3 is 5.32 Å². The van der Waals surface area contributed by atoms with Gasteiger partial charge in [-0.2, -0.15) is 0 Å². The zero-order valence-corrected chi connectivity index (χ0v) is 10.5. The molecule has 1 N–H and O–H groups in total. The lowest BCUT2D eigenvalue weighted by Crippen LogP contribution is -2.02. The Morgan fingerprint density at radius 1 is 1.00 bits per heavy atom. The van der Waals surface area contributed by atoms with Gasteiger partial charge in [0.25, 0.3) is 0 Å². The molecule has 0 radical (unpaired) electrons. The zero-order valence-electron chi connectivity index (χ0n) is 8.88. The van der Waals surface area contributed by atoms with Crippen LogP contribution in [-0.4, -0.2) is 0 Å². The van der Waals surface area contributed by atoms with Crippen LogP contribution in [0.3, 0.4) is 0 Å². The number of hydrogen-bond donors (Lipinski definition) is 1. The van der Waals surface area contributed by atoms with Gasteiger partial charge in [0.05, 0.1) is 5.69 Å². The van der Waals surface area contributed by atoms with Crippen LogP contribution in [0.5, 0.6) is 0 Å². The van der Waals surface area contributed by atoms with Crippen LogP contribution in [0.1, 0.15) is 5.56 Å². The lowest BCUT2D eigenvalue weighted by atomic mass is 10.2. The summed E-state index contributed by atoms with van der Waals surface area (Å²) in [5, 5.41) is 2.86. The molecular formula is C13H10BrF2N. The maximum atomic E-state index is 13.3. The smallest absolute Gasteiger partial charge is 0.181 e. The molecule has 0 saturated heterocycles. The van der Waals surface area contributed by atoms with Crippen LogP contribution in [0.2, 0.25) is 0 Å². The van der Waals surface area contributed by atoms with Gasteiger partial charge in [-0.15, -0.1) is 0 Å². The Morgan fingerprint density at radius 2 is 1.71 bits per heavy atom. The average molecular weight is 298 g/mol. The Morgan fingerprint density at radius 3 is 2.41 bits per heavy atom. The molecule has 0 aliphatic carbocycles. The van der Waals surface area contributed by atoms with E-state index >= 15 is 0 Å². The molecule has 0 saturated carbocycles. The highest BCUT2D eigenvalue weighted by atomic mass is 79.9. The van der Waals surface area contributed by atoms with E-state index in [1.807, 2.05) is 24.3 Å². The molecule has 0 aliphatic rings. The van der Waals surface area contributed by atoms with Crippen LogP contribution >= 0.6 is 15.9 Å². The van der Waals surface area contributed by atoms with Crippen molar-refractivity contribution in [1.29, 1.82) is 0 Å². The molecule has 4 heteroatoms. The molecule has 0 bridgehead atoms. The van der Waals surface area contributed by atoms with Gasteiger partial charge in [0.2, 0.25) is 0 Å². The van der Waals surface area contributed by atoms with E-state index in [-0.39, 0.29) is 5.69 Å². The fraction of sp³-hybridized carbons (Fsp3) is 0.0769. The molecule has 2 aromatic rings. The lowest BCUT2D eigenvalue weighted by molar-refractivity contribution is 0.511. The molecule has 88 valence electrons. The summed E-state index contributed by atoms with van der Waals surface area (Å²) in [5.74, 6) is -1.68. The van der Waals surface area contributed by atoms with E-state index in [0.717, 1.165) is 16.1 Å².